The molecule has 1 aromatic carbocycles. The quantitative estimate of drug-likeness (QED) is 0.860. The van der Waals surface area contributed by atoms with Crippen LogP contribution in [0, 0.1) is 18.3 Å². The molecule has 2 rings (SSSR count). The molecular weight excluding hydrogens is 276 g/mol. The van der Waals surface area contributed by atoms with Crippen LogP contribution in [0.3, 0.4) is 0 Å². The van der Waals surface area contributed by atoms with Crippen molar-refractivity contribution in [2.45, 2.75) is 20.3 Å². The number of pyridine rings is 1. The molecule has 0 fully saturated rings. The average Bonchev–Trinajstić information content (AvgIpc) is 2.49. The predicted molar refractivity (Wildman–Crippen MR) is 87.0 cm³/mol. The Morgan fingerprint density at radius 3 is 2.82 bits per heavy atom. The van der Waals surface area contributed by atoms with Gasteiger partial charge in [-0.2, -0.15) is 5.26 Å². The van der Waals surface area contributed by atoms with E-state index in [1.807, 2.05) is 37.3 Å². The van der Waals surface area contributed by atoms with E-state index in [4.69, 9.17) is 4.74 Å². The number of ether oxygens (including phenoxy) is 1. The van der Waals surface area contributed by atoms with Crippen LogP contribution in [-0.2, 0) is 6.42 Å². The molecule has 0 amide bonds. The van der Waals surface area contributed by atoms with Gasteiger partial charge in [0.25, 0.3) is 5.56 Å². The maximum atomic E-state index is 11.9. The Balaban J connectivity index is 2.63. The molecule has 112 valence electrons. The van der Waals surface area contributed by atoms with E-state index in [2.05, 4.69) is 11.6 Å². The third-order valence-corrected chi connectivity index (χ3v) is 3.32. The van der Waals surface area contributed by atoms with Crippen molar-refractivity contribution in [1.82, 2.24) is 4.98 Å². The first-order valence-corrected chi connectivity index (χ1v) is 7.11. The van der Waals surface area contributed by atoms with Crippen LogP contribution in [-0.4, -0.2) is 11.6 Å². The highest BCUT2D eigenvalue weighted by atomic mass is 16.5. The van der Waals surface area contributed by atoms with Gasteiger partial charge < -0.3 is 9.72 Å². The van der Waals surface area contributed by atoms with Gasteiger partial charge in [0.05, 0.1) is 6.61 Å². The Kier molecular flexibility index (Phi) is 4.80. The number of nitrogens with zero attached hydrogens (tertiary/aromatic N) is 1. The van der Waals surface area contributed by atoms with Crippen molar-refractivity contribution in [2.24, 2.45) is 0 Å². The lowest BCUT2D eigenvalue weighted by atomic mass is 9.97. The zero-order valence-electron chi connectivity index (χ0n) is 12.8. The predicted octanol–water partition coefficient (Wildman–Crippen LogP) is 3.35. The molecule has 0 atom stereocenters. The second-order valence-electron chi connectivity index (χ2n) is 4.93. The van der Waals surface area contributed by atoms with Crippen LogP contribution in [0.1, 0.15) is 23.7 Å². The molecule has 0 saturated carbocycles. The maximum absolute atomic E-state index is 11.9. The van der Waals surface area contributed by atoms with Gasteiger partial charge in [-0.15, -0.1) is 6.58 Å². The number of aromatic nitrogens is 1. The summed E-state index contributed by atoms with van der Waals surface area (Å²) in [5.74, 6) is 0.797. The number of hydrogen-bond donors (Lipinski definition) is 1. The number of H-pyrrole nitrogens is 1. The van der Waals surface area contributed by atoms with Crippen LogP contribution in [0.25, 0.3) is 11.1 Å². The van der Waals surface area contributed by atoms with Crippen molar-refractivity contribution in [3.05, 3.63) is 64.1 Å². The van der Waals surface area contributed by atoms with Crippen molar-refractivity contribution in [1.29, 1.82) is 5.26 Å². The minimum absolute atomic E-state index is 0.124. The lowest BCUT2D eigenvalue weighted by Crippen LogP contribution is -2.12. The normalized spacial score (nSPS) is 10.0. The van der Waals surface area contributed by atoms with Crippen molar-refractivity contribution < 1.29 is 4.74 Å². The largest absolute Gasteiger partial charge is 0.494 e. The Hall–Kier alpha value is -2.80. The molecule has 0 aliphatic carbocycles. The van der Waals surface area contributed by atoms with E-state index in [1.165, 1.54) is 0 Å². The lowest BCUT2D eigenvalue weighted by Gasteiger charge is -2.12. The molecule has 4 nitrogen and oxygen atoms in total. The van der Waals surface area contributed by atoms with Crippen molar-refractivity contribution in [3.8, 4) is 22.9 Å². The first-order valence-electron chi connectivity index (χ1n) is 7.11. The van der Waals surface area contributed by atoms with E-state index in [0.717, 1.165) is 22.6 Å². The number of benzene rings is 1. The first-order chi connectivity index (χ1) is 10.6. The number of nitrogens with one attached hydrogen (secondary N) is 1. The van der Waals surface area contributed by atoms with Gasteiger partial charge >= 0.3 is 0 Å². The lowest BCUT2D eigenvalue weighted by molar-refractivity contribution is 0.337. The zero-order valence-corrected chi connectivity index (χ0v) is 12.8. The third kappa shape index (κ3) is 3.09. The van der Waals surface area contributed by atoms with Crippen molar-refractivity contribution in [3.63, 3.8) is 0 Å². The fraction of sp³-hybridized carbons (Fsp3) is 0.222. The highest BCUT2D eigenvalue weighted by molar-refractivity contribution is 5.71. The van der Waals surface area contributed by atoms with E-state index >= 15 is 0 Å². The second kappa shape index (κ2) is 6.77. The van der Waals surface area contributed by atoms with Crippen LogP contribution < -0.4 is 10.3 Å². The number of hydrogen-bond acceptors (Lipinski definition) is 3. The highest BCUT2D eigenvalue weighted by Gasteiger charge is 2.12. The number of aryl methyl sites for hydroxylation is 1. The summed E-state index contributed by atoms with van der Waals surface area (Å²) in [4.78, 5) is 14.6. The molecule has 0 saturated heterocycles. The summed E-state index contributed by atoms with van der Waals surface area (Å²) in [6, 6.07) is 9.48. The monoisotopic (exact) mass is 294 g/mol. The SMILES string of the molecule is C=CCc1cc(-c2cc(C)[nH]c(=O)c2C#N)ccc1OCC. The summed E-state index contributed by atoms with van der Waals surface area (Å²) in [5, 5.41) is 9.25. The third-order valence-electron chi connectivity index (χ3n) is 3.32. The second-order valence-corrected chi connectivity index (χ2v) is 4.93. The molecule has 0 radical (unpaired) electrons. The maximum Gasteiger partial charge on any atom is 0.266 e. The minimum atomic E-state index is -0.364. The topological polar surface area (TPSA) is 65.9 Å². The van der Waals surface area contributed by atoms with Crippen LogP contribution >= 0.6 is 0 Å². The molecule has 2 aromatic rings. The molecule has 0 spiro atoms. The molecule has 22 heavy (non-hydrogen) atoms. The van der Waals surface area contributed by atoms with Crippen LogP contribution in [0.2, 0.25) is 0 Å². The summed E-state index contributed by atoms with van der Waals surface area (Å²) in [5.41, 5.74) is 2.92. The number of nitriles is 1. The summed E-state index contributed by atoms with van der Waals surface area (Å²) < 4.78 is 5.60. The Labute approximate surface area is 129 Å². The molecule has 1 heterocycles. The summed E-state index contributed by atoms with van der Waals surface area (Å²) in [7, 11) is 0. The van der Waals surface area contributed by atoms with Gasteiger partial charge in [0.2, 0.25) is 0 Å². The minimum Gasteiger partial charge on any atom is -0.494 e. The average molecular weight is 294 g/mol. The van der Waals surface area contributed by atoms with Gasteiger partial charge in [0, 0.05) is 11.3 Å². The smallest absolute Gasteiger partial charge is 0.266 e. The van der Waals surface area contributed by atoms with Crippen LogP contribution in [0.15, 0.2) is 41.7 Å². The number of rotatable bonds is 5. The fourth-order valence-corrected chi connectivity index (χ4v) is 2.39. The molecule has 0 bridgehead atoms. The van der Waals surface area contributed by atoms with Gasteiger partial charge in [0.1, 0.15) is 17.4 Å². The van der Waals surface area contributed by atoms with Crippen molar-refractivity contribution >= 4 is 0 Å². The Bertz CT molecular complexity index is 798. The van der Waals surface area contributed by atoms with E-state index in [0.29, 0.717) is 18.6 Å². The van der Waals surface area contributed by atoms with Crippen molar-refractivity contribution in [2.75, 3.05) is 6.61 Å². The number of aromatic amines is 1. The van der Waals surface area contributed by atoms with E-state index < -0.39 is 0 Å². The van der Waals surface area contributed by atoms with Crippen LogP contribution in [0.4, 0.5) is 0 Å². The van der Waals surface area contributed by atoms with Gasteiger partial charge in [-0.25, -0.2) is 0 Å². The van der Waals surface area contributed by atoms with E-state index in [1.54, 1.807) is 13.0 Å². The fourth-order valence-electron chi connectivity index (χ4n) is 2.39. The van der Waals surface area contributed by atoms with Crippen LogP contribution in [0.5, 0.6) is 5.75 Å². The summed E-state index contributed by atoms with van der Waals surface area (Å²) in [6.07, 6.45) is 2.46. The molecule has 1 N–H and O–H groups in total. The van der Waals surface area contributed by atoms with E-state index in [-0.39, 0.29) is 11.1 Å². The van der Waals surface area contributed by atoms with Gasteiger partial charge in [0.15, 0.2) is 0 Å². The Morgan fingerprint density at radius 1 is 1.41 bits per heavy atom. The van der Waals surface area contributed by atoms with Gasteiger partial charge in [-0.1, -0.05) is 12.1 Å². The summed E-state index contributed by atoms with van der Waals surface area (Å²) in [6.45, 7) is 8.07. The molecule has 4 heteroatoms. The van der Waals surface area contributed by atoms with E-state index in [9.17, 15) is 10.1 Å². The standard InChI is InChI=1S/C18H18N2O2/c1-4-6-14-10-13(7-8-17(14)22-5-2)15-9-12(3)20-18(21)16(15)11-19/h4,7-10H,1,5-6H2,2-3H3,(H,20,21). The highest BCUT2D eigenvalue weighted by Crippen LogP contribution is 2.28. The molecule has 0 aliphatic heterocycles. The molecular formula is C18H18N2O2. The molecule has 0 unspecified atom stereocenters. The molecule has 1 aromatic heterocycles. The number of allylic oxidation sites excluding steroid dienone is 1. The van der Waals surface area contributed by atoms with Gasteiger partial charge in [-0.05, 0) is 49.6 Å². The molecule has 0 aliphatic rings. The summed E-state index contributed by atoms with van der Waals surface area (Å²) >= 11 is 0. The Morgan fingerprint density at radius 2 is 2.18 bits per heavy atom. The zero-order chi connectivity index (χ0) is 16.1. The van der Waals surface area contributed by atoms with Gasteiger partial charge in [-0.3, -0.25) is 4.79 Å². The first kappa shape index (κ1) is 15.6.